The van der Waals surface area contributed by atoms with Gasteiger partial charge in [-0.1, -0.05) is 24.3 Å². The zero-order valence-corrected chi connectivity index (χ0v) is 9.84. The van der Waals surface area contributed by atoms with Gasteiger partial charge >= 0.3 is 6.03 Å². The Bertz CT molecular complexity index is 543. The molecule has 0 saturated carbocycles. The van der Waals surface area contributed by atoms with Crippen molar-refractivity contribution in [3.8, 4) is 0 Å². The summed E-state index contributed by atoms with van der Waals surface area (Å²) < 4.78 is 0. The lowest BCUT2D eigenvalue weighted by Crippen LogP contribution is -2.30. The summed E-state index contributed by atoms with van der Waals surface area (Å²) in [5, 5.41) is 2.88. The molecule has 1 aliphatic rings. The van der Waals surface area contributed by atoms with Gasteiger partial charge in [0, 0.05) is 18.4 Å². The van der Waals surface area contributed by atoms with Crippen molar-refractivity contribution >= 4 is 11.7 Å². The highest BCUT2D eigenvalue weighted by molar-refractivity contribution is 5.89. The summed E-state index contributed by atoms with van der Waals surface area (Å²) in [6, 6.07) is 13.3. The first-order valence-corrected chi connectivity index (χ1v) is 5.87. The van der Waals surface area contributed by atoms with Gasteiger partial charge in [0.05, 0.1) is 12.2 Å². The van der Waals surface area contributed by atoms with Crippen molar-refractivity contribution in [2.75, 3.05) is 5.32 Å². The number of hydrogen-bond donors (Lipinski definition) is 1. The van der Waals surface area contributed by atoms with Crippen LogP contribution in [0, 0.1) is 0 Å². The third-order valence-corrected chi connectivity index (χ3v) is 3.00. The van der Waals surface area contributed by atoms with E-state index in [-0.39, 0.29) is 6.03 Å². The number of aromatic nitrogens is 1. The Morgan fingerprint density at radius 2 is 1.94 bits per heavy atom. The number of para-hydroxylation sites is 1. The molecule has 0 atom stereocenters. The van der Waals surface area contributed by atoms with Crippen LogP contribution < -0.4 is 5.32 Å². The summed E-state index contributed by atoms with van der Waals surface area (Å²) >= 11 is 0. The third-order valence-electron chi connectivity index (χ3n) is 3.00. The van der Waals surface area contributed by atoms with E-state index in [0.717, 1.165) is 16.9 Å². The molecule has 1 aromatic heterocycles. The van der Waals surface area contributed by atoms with Crippen molar-refractivity contribution in [3.63, 3.8) is 0 Å². The molecule has 2 aromatic rings. The highest BCUT2D eigenvalue weighted by Crippen LogP contribution is 2.21. The number of nitrogens with zero attached hydrogens (tertiary/aromatic N) is 2. The van der Waals surface area contributed by atoms with Gasteiger partial charge in [-0.25, -0.2) is 4.79 Å². The van der Waals surface area contributed by atoms with E-state index in [4.69, 9.17) is 0 Å². The summed E-state index contributed by atoms with van der Waals surface area (Å²) in [7, 11) is 0. The molecule has 2 amide bonds. The first-order chi connectivity index (χ1) is 8.83. The Kier molecular flexibility index (Phi) is 2.68. The first-order valence-electron chi connectivity index (χ1n) is 5.87. The molecule has 3 rings (SSSR count). The maximum Gasteiger partial charge on any atom is 0.322 e. The largest absolute Gasteiger partial charge is 0.322 e. The number of urea groups is 1. The van der Waals surface area contributed by atoms with Crippen LogP contribution in [-0.4, -0.2) is 15.9 Å². The van der Waals surface area contributed by atoms with E-state index in [0.29, 0.717) is 13.1 Å². The summed E-state index contributed by atoms with van der Waals surface area (Å²) in [5.74, 6) is 0. The predicted octanol–water partition coefficient (Wildman–Crippen LogP) is 2.63. The van der Waals surface area contributed by atoms with Gasteiger partial charge in [0.15, 0.2) is 0 Å². The fraction of sp³-hybridized carbons (Fsp3) is 0.143. The van der Waals surface area contributed by atoms with E-state index in [1.54, 1.807) is 11.1 Å². The molecule has 90 valence electrons. The Morgan fingerprint density at radius 1 is 1.11 bits per heavy atom. The lowest BCUT2D eigenvalue weighted by Gasteiger charge is -2.15. The predicted molar refractivity (Wildman–Crippen MR) is 68.9 cm³/mol. The maximum absolute atomic E-state index is 12.1. The molecule has 18 heavy (non-hydrogen) atoms. The Morgan fingerprint density at radius 3 is 2.72 bits per heavy atom. The van der Waals surface area contributed by atoms with Crippen molar-refractivity contribution in [3.05, 3.63) is 59.9 Å². The van der Waals surface area contributed by atoms with Crippen molar-refractivity contribution in [2.45, 2.75) is 13.1 Å². The molecule has 0 radical (unpaired) electrons. The van der Waals surface area contributed by atoms with E-state index in [1.165, 1.54) is 0 Å². The highest BCUT2D eigenvalue weighted by atomic mass is 16.2. The van der Waals surface area contributed by atoms with Gasteiger partial charge in [0.25, 0.3) is 0 Å². The standard InChI is InChI=1S/C14H13N3O/c18-14(16-12-6-2-1-3-7-12)17-9-11-5-4-8-15-13(11)10-17/h1-8H,9-10H2,(H,16,18). The minimum atomic E-state index is -0.0841. The number of amides is 2. The molecule has 1 N–H and O–H groups in total. The van der Waals surface area contributed by atoms with Gasteiger partial charge in [-0.2, -0.15) is 0 Å². The Labute approximate surface area is 105 Å². The maximum atomic E-state index is 12.1. The van der Waals surface area contributed by atoms with Crippen LogP contribution in [0.2, 0.25) is 0 Å². The molecule has 4 heteroatoms. The number of benzene rings is 1. The van der Waals surface area contributed by atoms with Crippen molar-refractivity contribution in [2.24, 2.45) is 0 Å². The first kappa shape index (κ1) is 10.8. The molecule has 4 nitrogen and oxygen atoms in total. The molecule has 0 aliphatic carbocycles. The van der Waals surface area contributed by atoms with Crippen LogP contribution in [0.25, 0.3) is 0 Å². The van der Waals surface area contributed by atoms with Crippen LogP contribution in [0.3, 0.4) is 0 Å². The Hall–Kier alpha value is -2.36. The fourth-order valence-corrected chi connectivity index (χ4v) is 2.07. The van der Waals surface area contributed by atoms with E-state index in [1.807, 2.05) is 42.5 Å². The minimum absolute atomic E-state index is 0.0841. The Balaban J connectivity index is 1.70. The third kappa shape index (κ3) is 2.05. The molecule has 0 saturated heterocycles. The van der Waals surface area contributed by atoms with Crippen LogP contribution in [0.15, 0.2) is 48.7 Å². The number of fused-ring (bicyclic) bond motifs is 1. The summed E-state index contributed by atoms with van der Waals surface area (Å²) in [5.41, 5.74) is 2.92. The van der Waals surface area contributed by atoms with Gasteiger partial charge in [0.1, 0.15) is 0 Å². The zero-order valence-electron chi connectivity index (χ0n) is 9.84. The van der Waals surface area contributed by atoms with Crippen LogP contribution in [0.1, 0.15) is 11.3 Å². The van der Waals surface area contributed by atoms with E-state index < -0.39 is 0 Å². The van der Waals surface area contributed by atoms with Gasteiger partial charge in [-0.15, -0.1) is 0 Å². The van der Waals surface area contributed by atoms with Gasteiger partial charge in [0.2, 0.25) is 0 Å². The van der Waals surface area contributed by atoms with E-state index >= 15 is 0 Å². The molecule has 1 aromatic carbocycles. The quantitative estimate of drug-likeness (QED) is 0.831. The molecular weight excluding hydrogens is 226 g/mol. The van der Waals surface area contributed by atoms with Crippen molar-refractivity contribution in [1.29, 1.82) is 0 Å². The average Bonchev–Trinajstić information content (AvgIpc) is 2.84. The number of carbonyl (C=O) groups excluding carboxylic acids is 1. The van der Waals surface area contributed by atoms with E-state index in [9.17, 15) is 4.79 Å². The molecule has 0 bridgehead atoms. The van der Waals surface area contributed by atoms with Crippen molar-refractivity contribution < 1.29 is 4.79 Å². The monoisotopic (exact) mass is 239 g/mol. The fourth-order valence-electron chi connectivity index (χ4n) is 2.07. The van der Waals surface area contributed by atoms with Gasteiger partial charge in [-0.05, 0) is 23.8 Å². The number of nitrogens with one attached hydrogen (secondary N) is 1. The van der Waals surface area contributed by atoms with Crippen LogP contribution in [0.5, 0.6) is 0 Å². The minimum Gasteiger partial charge on any atom is -0.314 e. The smallest absolute Gasteiger partial charge is 0.314 e. The average molecular weight is 239 g/mol. The zero-order chi connectivity index (χ0) is 12.4. The van der Waals surface area contributed by atoms with Crippen LogP contribution in [-0.2, 0) is 13.1 Å². The molecule has 1 aliphatic heterocycles. The highest BCUT2D eigenvalue weighted by Gasteiger charge is 2.23. The second kappa shape index (κ2) is 4.49. The number of hydrogen-bond acceptors (Lipinski definition) is 2. The van der Waals surface area contributed by atoms with E-state index in [2.05, 4.69) is 10.3 Å². The molecule has 0 spiro atoms. The summed E-state index contributed by atoms with van der Waals surface area (Å²) in [6.45, 7) is 1.21. The van der Waals surface area contributed by atoms with Crippen LogP contribution >= 0.6 is 0 Å². The van der Waals surface area contributed by atoms with Gasteiger partial charge < -0.3 is 10.2 Å². The number of pyridine rings is 1. The van der Waals surface area contributed by atoms with Crippen molar-refractivity contribution in [1.82, 2.24) is 9.88 Å². The molecule has 0 fully saturated rings. The number of rotatable bonds is 1. The topological polar surface area (TPSA) is 45.2 Å². The number of anilines is 1. The second-order valence-electron chi connectivity index (χ2n) is 4.26. The molecule has 2 heterocycles. The molecule has 0 unspecified atom stereocenters. The molecular formula is C14H13N3O. The normalized spacial score (nSPS) is 13.2. The SMILES string of the molecule is O=C(Nc1ccccc1)N1Cc2cccnc2C1. The lowest BCUT2D eigenvalue weighted by molar-refractivity contribution is 0.212. The summed E-state index contributed by atoms with van der Waals surface area (Å²) in [4.78, 5) is 18.1. The van der Waals surface area contributed by atoms with Crippen LogP contribution in [0.4, 0.5) is 10.5 Å². The lowest BCUT2D eigenvalue weighted by atomic mass is 10.2. The summed E-state index contributed by atoms with van der Waals surface area (Å²) in [6.07, 6.45) is 1.76. The second-order valence-corrected chi connectivity index (χ2v) is 4.26. The van der Waals surface area contributed by atoms with Gasteiger partial charge in [-0.3, -0.25) is 4.98 Å². The number of carbonyl (C=O) groups is 1.